The zero-order valence-electron chi connectivity index (χ0n) is 8.68. The first kappa shape index (κ1) is 10.4. The predicted octanol–water partition coefficient (Wildman–Crippen LogP) is 1.45. The highest BCUT2D eigenvalue weighted by Crippen LogP contribution is 2.15. The summed E-state index contributed by atoms with van der Waals surface area (Å²) in [6.07, 6.45) is 4.45. The molecule has 0 saturated carbocycles. The molecule has 4 nitrogen and oxygen atoms in total. The summed E-state index contributed by atoms with van der Waals surface area (Å²) in [4.78, 5) is 12.5. The quantitative estimate of drug-likeness (QED) is 0.841. The molecule has 1 saturated heterocycles. The molecule has 1 aliphatic rings. The molecule has 2 rings (SSSR count). The molecule has 15 heavy (non-hydrogen) atoms. The van der Waals surface area contributed by atoms with Crippen LogP contribution in [0, 0.1) is 0 Å². The second-order valence-corrected chi connectivity index (χ2v) is 4.39. The van der Waals surface area contributed by atoms with E-state index in [2.05, 4.69) is 27.2 Å². The van der Waals surface area contributed by atoms with E-state index < -0.39 is 0 Å². The van der Waals surface area contributed by atoms with Crippen molar-refractivity contribution in [2.45, 2.75) is 25.9 Å². The summed E-state index contributed by atoms with van der Waals surface area (Å²) in [5, 5.41) is 4.42. The average Bonchev–Trinajstić information content (AvgIpc) is 2.76. The molecule has 80 valence electrons. The SMILES string of the molecule is CCC1CSC(=NCc2ccncn2)N1. The minimum absolute atomic E-state index is 0.583. The van der Waals surface area contributed by atoms with Crippen molar-refractivity contribution in [2.75, 3.05) is 5.75 Å². The summed E-state index contributed by atoms with van der Waals surface area (Å²) >= 11 is 1.79. The third-order valence-corrected chi connectivity index (χ3v) is 3.36. The van der Waals surface area contributed by atoms with Crippen LogP contribution in [0.25, 0.3) is 0 Å². The van der Waals surface area contributed by atoms with Gasteiger partial charge >= 0.3 is 0 Å². The fourth-order valence-corrected chi connectivity index (χ4v) is 2.40. The zero-order chi connectivity index (χ0) is 10.5. The van der Waals surface area contributed by atoms with E-state index in [0.717, 1.165) is 23.0 Å². The monoisotopic (exact) mass is 222 g/mol. The highest BCUT2D eigenvalue weighted by Gasteiger charge is 2.17. The standard InChI is InChI=1S/C10H14N4S/c1-2-8-6-15-10(14-8)12-5-9-3-4-11-7-13-9/h3-4,7-8H,2,5-6H2,1H3,(H,12,14). The summed E-state index contributed by atoms with van der Waals surface area (Å²) < 4.78 is 0. The van der Waals surface area contributed by atoms with Gasteiger partial charge in [0.15, 0.2) is 5.17 Å². The van der Waals surface area contributed by atoms with Crippen molar-refractivity contribution >= 4 is 16.9 Å². The van der Waals surface area contributed by atoms with Gasteiger partial charge in [-0.05, 0) is 12.5 Å². The van der Waals surface area contributed by atoms with Gasteiger partial charge < -0.3 is 5.32 Å². The van der Waals surface area contributed by atoms with E-state index in [4.69, 9.17) is 0 Å². The molecule has 1 fully saturated rings. The van der Waals surface area contributed by atoms with Gasteiger partial charge in [-0.1, -0.05) is 18.7 Å². The molecule has 1 aromatic rings. The molecule has 0 aromatic carbocycles. The Morgan fingerprint density at radius 3 is 3.27 bits per heavy atom. The molecule has 1 unspecified atom stereocenters. The first-order chi connectivity index (χ1) is 7.38. The van der Waals surface area contributed by atoms with Gasteiger partial charge in [0.2, 0.25) is 0 Å². The van der Waals surface area contributed by atoms with Crippen molar-refractivity contribution in [3.63, 3.8) is 0 Å². The first-order valence-corrected chi connectivity index (χ1v) is 6.05. The Hall–Kier alpha value is -1.10. The van der Waals surface area contributed by atoms with Gasteiger partial charge in [0.05, 0.1) is 12.2 Å². The number of aliphatic imine (C=N–C) groups is 1. The third kappa shape index (κ3) is 2.92. The van der Waals surface area contributed by atoms with Crippen LogP contribution in [-0.2, 0) is 6.54 Å². The number of nitrogens with one attached hydrogen (secondary N) is 1. The van der Waals surface area contributed by atoms with E-state index >= 15 is 0 Å². The lowest BCUT2D eigenvalue weighted by molar-refractivity contribution is 0.666. The maximum atomic E-state index is 4.47. The molecule has 5 heteroatoms. The maximum absolute atomic E-state index is 4.47. The lowest BCUT2D eigenvalue weighted by Crippen LogP contribution is -2.25. The second kappa shape index (κ2) is 5.11. The molecule has 1 aromatic heterocycles. The van der Waals surface area contributed by atoms with Gasteiger partial charge in [0.25, 0.3) is 0 Å². The number of nitrogens with zero attached hydrogens (tertiary/aromatic N) is 3. The zero-order valence-corrected chi connectivity index (χ0v) is 9.50. The Morgan fingerprint density at radius 2 is 2.60 bits per heavy atom. The van der Waals surface area contributed by atoms with Gasteiger partial charge in [-0.15, -0.1) is 0 Å². The Kier molecular flexibility index (Phi) is 3.55. The van der Waals surface area contributed by atoms with Crippen LogP contribution < -0.4 is 5.32 Å². The summed E-state index contributed by atoms with van der Waals surface area (Å²) in [6.45, 7) is 2.82. The van der Waals surface area contributed by atoms with E-state index in [0.29, 0.717) is 12.6 Å². The van der Waals surface area contributed by atoms with Gasteiger partial charge in [0, 0.05) is 18.0 Å². The minimum atomic E-state index is 0.583. The van der Waals surface area contributed by atoms with Crippen molar-refractivity contribution in [3.8, 4) is 0 Å². The van der Waals surface area contributed by atoms with Crippen LogP contribution in [0.1, 0.15) is 19.0 Å². The number of hydrogen-bond donors (Lipinski definition) is 1. The van der Waals surface area contributed by atoms with Crippen LogP contribution in [0.2, 0.25) is 0 Å². The number of hydrogen-bond acceptors (Lipinski definition) is 4. The molecule has 0 bridgehead atoms. The molecule has 0 radical (unpaired) electrons. The van der Waals surface area contributed by atoms with Gasteiger partial charge in [0.1, 0.15) is 6.33 Å². The van der Waals surface area contributed by atoms with E-state index in [1.807, 2.05) is 6.07 Å². The first-order valence-electron chi connectivity index (χ1n) is 5.07. The average molecular weight is 222 g/mol. The summed E-state index contributed by atoms with van der Waals surface area (Å²) in [5.74, 6) is 1.12. The van der Waals surface area contributed by atoms with E-state index in [9.17, 15) is 0 Å². The molecule has 2 heterocycles. The summed E-state index contributed by atoms with van der Waals surface area (Å²) in [7, 11) is 0. The third-order valence-electron chi connectivity index (χ3n) is 2.27. The number of amidine groups is 1. The topological polar surface area (TPSA) is 50.2 Å². The molecule has 1 aliphatic heterocycles. The van der Waals surface area contributed by atoms with Crippen molar-refractivity contribution < 1.29 is 0 Å². The van der Waals surface area contributed by atoms with Gasteiger partial charge in [-0.3, -0.25) is 4.99 Å². The lowest BCUT2D eigenvalue weighted by atomic mass is 10.3. The highest BCUT2D eigenvalue weighted by atomic mass is 32.2. The van der Waals surface area contributed by atoms with Crippen LogP contribution in [0.5, 0.6) is 0 Å². The van der Waals surface area contributed by atoms with Gasteiger partial charge in [-0.25, -0.2) is 9.97 Å². The summed E-state index contributed by atoms with van der Waals surface area (Å²) in [6, 6.07) is 2.47. The fraction of sp³-hybridized carbons (Fsp3) is 0.500. The van der Waals surface area contributed by atoms with E-state index in [1.54, 1.807) is 24.3 Å². The van der Waals surface area contributed by atoms with Crippen LogP contribution in [-0.4, -0.2) is 26.9 Å². The van der Waals surface area contributed by atoms with Crippen LogP contribution >= 0.6 is 11.8 Å². The van der Waals surface area contributed by atoms with Crippen LogP contribution in [0.4, 0.5) is 0 Å². The van der Waals surface area contributed by atoms with Crippen molar-refractivity contribution in [1.82, 2.24) is 15.3 Å². The Bertz CT molecular complexity index is 339. The predicted molar refractivity (Wildman–Crippen MR) is 62.8 cm³/mol. The highest BCUT2D eigenvalue weighted by molar-refractivity contribution is 8.14. The second-order valence-electron chi connectivity index (χ2n) is 3.38. The molecule has 1 atom stereocenters. The molecule has 0 aliphatic carbocycles. The Balaban J connectivity index is 1.90. The van der Waals surface area contributed by atoms with Crippen LogP contribution in [0.15, 0.2) is 23.6 Å². The van der Waals surface area contributed by atoms with Gasteiger partial charge in [-0.2, -0.15) is 0 Å². The number of rotatable bonds is 3. The number of aromatic nitrogens is 2. The Morgan fingerprint density at radius 1 is 1.67 bits per heavy atom. The molecule has 0 spiro atoms. The lowest BCUT2D eigenvalue weighted by Gasteiger charge is -2.04. The minimum Gasteiger partial charge on any atom is -0.361 e. The molecular weight excluding hydrogens is 208 g/mol. The summed E-state index contributed by atoms with van der Waals surface area (Å²) in [5.41, 5.74) is 0.958. The van der Waals surface area contributed by atoms with Crippen molar-refractivity contribution in [3.05, 3.63) is 24.3 Å². The smallest absolute Gasteiger partial charge is 0.157 e. The molecule has 1 N–H and O–H groups in total. The van der Waals surface area contributed by atoms with Crippen molar-refractivity contribution in [1.29, 1.82) is 0 Å². The van der Waals surface area contributed by atoms with Crippen LogP contribution in [0.3, 0.4) is 0 Å². The largest absolute Gasteiger partial charge is 0.361 e. The Labute approximate surface area is 93.6 Å². The van der Waals surface area contributed by atoms with E-state index in [1.165, 1.54) is 0 Å². The molecular formula is C10H14N4S. The normalized spacial score (nSPS) is 23.0. The molecule has 0 amide bonds. The number of thioether (sulfide) groups is 1. The maximum Gasteiger partial charge on any atom is 0.157 e. The fourth-order valence-electron chi connectivity index (χ4n) is 1.31. The van der Waals surface area contributed by atoms with E-state index in [-0.39, 0.29) is 0 Å². The van der Waals surface area contributed by atoms with Crippen molar-refractivity contribution in [2.24, 2.45) is 4.99 Å².